The van der Waals surface area contributed by atoms with E-state index in [1.165, 1.54) is 0 Å². The van der Waals surface area contributed by atoms with Crippen LogP contribution in [0.15, 0.2) is 23.1 Å². The number of nitrogens with one attached hydrogen (secondary N) is 1. The molecule has 20 heavy (non-hydrogen) atoms. The number of methoxy groups -OCH3 is 1. The molecule has 0 amide bonds. The van der Waals surface area contributed by atoms with E-state index in [0.29, 0.717) is 23.8 Å². The molecule has 5 nitrogen and oxygen atoms in total. The molecule has 0 spiro atoms. The number of hydrogen-bond donors (Lipinski definition) is 2. The first-order chi connectivity index (χ1) is 9.56. The summed E-state index contributed by atoms with van der Waals surface area (Å²) in [5.41, 5.74) is 6.30. The smallest absolute Gasteiger partial charge is 0.240 e. The second-order valence-electron chi connectivity index (χ2n) is 4.76. The zero-order valence-corrected chi connectivity index (χ0v) is 13.1. The van der Waals surface area contributed by atoms with Crippen molar-refractivity contribution < 1.29 is 13.2 Å². The Balaban J connectivity index is 2.11. The molecule has 0 radical (unpaired) electrons. The van der Waals surface area contributed by atoms with Gasteiger partial charge in [0.1, 0.15) is 5.75 Å². The first-order valence-electron chi connectivity index (χ1n) is 6.51. The number of benzene rings is 1. The van der Waals surface area contributed by atoms with Crippen LogP contribution in [-0.4, -0.2) is 33.6 Å². The first kappa shape index (κ1) is 15.6. The number of thioether (sulfide) groups is 1. The highest BCUT2D eigenvalue weighted by atomic mass is 32.2. The Labute approximate surface area is 124 Å². The summed E-state index contributed by atoms with van der Waals surface area (Å²) in [5.74, 6) is 3.19. The summed E-state index contributed by atoms with van der Waals surface area (Å²) in [6.45, 7) is 0.741. The molecule has 1 fully saturated rings. The van der Waals surface area contributed by atoms with E-state index in [1.54, 1.807) is 25.3 Å². The molecule has 1 atom stereocenters. The van der Waals surface area contributed by atoms with Crippen molar-refractivity contribution >= 4 is 21.8 Å². The maximum Gasteiger partial charge on any atom is 0.240 e. The summed E-state index contributed by atoms with van der Waals surface area (Å²) in [6, 6.07) is 4.76. The summed E-state index contributed by atoms with van der Waals surface area (Å²) < 4.78 is 32.3. The normalized spacial score (nSPS) is 19.2. The van der Waals surface area contributed by atoms with Crippen LogP contribution < -0.4 is 15.2 Å². The van der Waals surface area contributed by atoms with Gasteiger partial charge in [-0.3, -0.25) is 0 Å². The fourth-order valence-corrected chi connectivity index (χ4v) is 4.59. The zero-order valence-electron chi connectivity index (χ0n) is 11.5. The van der Waals surface area contributed by atoms with Crippen LogP contribution in [0.25, 0.3) is 0 Å². The predicted octanol–water partition coefficient (Wildman–Crippen LogP) is 1.19. The average molecular weight is 316 g/mol. The molecule has 0 saturated carbocycles. The SMILES string of the molecule is COc1ccc(S(=O)(=O)NCC2CCSC2)cc1CN. The summed E-state index contributed by atoms with van der Waals surface area (Å²) in [4.78, 5) is 0.240. The van der Waals surface area contributed by atoms with Gasteiger partial charge in [-0.1, -0.05) is 0 Å². The molecular weight excluding hydrogens is 296 g/mol. The van der Waals surface area contributed by atoms with Crippen LogP contribution in [0.5, 0.6) is 5.75 Å². The standard InChI is InChI=1S/C13H20N2O3S2/c1-18-13-3-2-12(6-11(13)7-14)20(16,17)15-8-10-4-5-19-9-10/h2-3,6,10,15H,4-5,7-9,14H2,1H3. The van der Waals surface area contributed by atoms with Crippen molar-refractivity contribution in [1.82, 2.24) is 4.72 Å². The van der Waals surface area contributed by atoms with E-state index in [-0.39, 0.29) is 11.4 Å². The lowest BCUT2D eigenvalue weighted by Gasteiger charge is -2.13. The van der Waals surface area contributed by atoms with Gasteiger partial charge in [-0.2, -0.15) is 11.8 Å². The fraction of sp³-hybridized carbons (Fsp3) is 0.538. The van der Waals surface area contributed by atoms with E-state index in [4.69, 9.17) is 10.5 Å². The molecule has 1 aliphatic rings. The van der Waals surface area contributed by atoms with Crippen LogP contribution >= 0.6 is 11.8 Å². The molecule has 1 aliphatic heterocycles. The Kier molecular flexibility index (Phi) is 5.31. The number of nitrogens with two attached hydrogens (primary N) is 1. The number of rotatable bonds is 6. The molecule has 0 aliphatic carbocycles. The van der Waals surface area contributed by atoms with Gasteiger partial charge in [0.2, 0.25) is 10.0 Å². The predicted molar refractivity (Wildman–Crippen MR) is 81.5 cm³/mol. The molecule has 1 aromatic carbocycles. The van der Waals surface area contributed by atoms with Gasteiger partial charge in [0.25, 0.3) is 0 Å². The van der Waals surface area contributed by atoms with Gasteiger partial charge >= 0.3 is 0 Å². The Morgan fingerprint density at radius 1 is 1.50 bits per heavy atom. The molecular formula is C13H20N2O3S2. The van der Waals surface area contributed by atoms with Crippen LogP contribution in [0.2, 0.25) is 0 Å². The minimum Gasteiger partial charge on any atom is -0.496 e. The molecule has 1 heterocycles. The fourth-order valence-electron chi connectivity index (χ4n) is 2.14. The van der Waals surface area contributed by atoms with Gasteiger partial charge in [0.15, 0.2) is 0 Å². The Morgan fingerprint density at radius 2 is 2.30 bits per heavy atom. The molecule has 1 unspecified atom stereocenters. The topological polar surface area (TPSA) is 81.4 Å². The van der Waals surface area contributed by atoms with Gasteiger partial charge < -0.3 is 10.5 Å². The van der Waals surface area contributed by atoms with E-state index in [1.807, 2.05) is 11.8 Å². The molecule has 2 rings (SSSR count). The van der Waals surface area contributed by atoms with E-state index in [9.17, 15) is 8.42 Å². The van der Waals surface area contributed by atoms with Crippen molar-refractivity contribution in [3.63, 3.8) is 0 Å². The van der Waals surface area contributed by atoms with E-state index in [2.05, 4.69) is 4.72 Å². The van der Waals surface area contributed by atoms with Crippen LogP contribution in [0.3, 0.4) is 0 Å². The lowest BCUT2D eigenvalue weighted by atomic mass is 10.1. The highest BCUT2D eigenvalue weighted by Crippen LogP contribution is 2.24. The van der Waals surface area contributed by atoms with Crippen LogP contribution in [0.4, 0.5) is 0 Å². The monoisotopic (exact) mass is 316 g/mol. The lowest BCUT2D eigenvalue weighted by Crippen LogP contribution is -2.29. The van der Waals surface area contributed by atoms with Crippen molar-refractivity contribution in [3.05, 3.63) is 23.8 Å². The van der Waals surface area contributed by atoms with Crippen molar-refractivity contribution in [2.45, 2.75) is 17.9 Å². The van der Waals surface area contributed by atoms with Crippen LogP contribution in [0.1, 0.15) is 12.0 Å². The lowest BCUT2D eigenvalue weighted by molar-refractivity contribution is 0.409. The third-order valence-corrected chi connectivity index (χ3v) is 6.02. The molecule has 0 aromatic heterocycles. The maximum absolute atomic E-state index is 12.3. The minimum absolute atomic E-state index is 0.240. The highest BCUT2D eigenvalue weighted by Gasteiger charge is 2.20. The number of ether oxygens (including phenoxy) is 1. The van der Waals surface area contributed by atoms with Crippen molar-refractivity contribution in [2.75, 3.05) is 25.2 Å². The largest absolute Gasteiger partial charge is 0.496 e. The van der Waals surface area contributed by atoms with Crippen molar-refractivity contribution in [2.24, 2.45) is 11.7 Å². The third-order valence-electron chi connectivity index (χ3n) is 3.37. The third kappa shape index (κ3) is 3.66. The van der Waals surface area contributed by atoms with Gasteiger partial charge in [0, 0.05) is 18.7 Å². The first-order valence-corrected chi connectivity index (χ1v) is 9.15. The highest BCUT2D eigenvalue weighted by molar-refractivity contribution is 7.99. The number of hydrogen-bond acceptors (Lipinski definition) is 5. The van der Waals surface area contributed by atoms with Gasteiger partial charge in [0.05, 0.1) is 12.0 Å². The minimum atomic E-state index is -3.48. The Morgan fingerprint density at radius 3 is 2.90 bits per heavy atom. The molecule has 7 heteroatoms. The Bertz CT molecular complexity index is 555. The summed E-state index contributed by atoms with van der Waals surface area (Å²) in [7, 11) is -1.94. The zero-order chi connectivity index (χ0) is 14.6. The maximum atomic E-state index is 12.3. The van der Waals surface area contributed by atoms with Gasteiger partial charge in [-0.05, 0) is 42.0 Å². The second kappa shape index (κ2) is 6.80. The summed E-state index contributed by atoms with van der Waals surface area (Å²) in [6.07, 6.45) is 1.07. The van der Waals surface area contributed by atoms with Crippen molar-refractivity contribution in [3.8, 4) is 5.75 Å². The van der Waals surface area contributed by atoms with E-state index >= 15 is 0 Å². The van der Waals surface area contributed by atoms with E-state index in [0.717, 1.165) is 17.9 Å². The Hall–Kier alpha value is -0.760. The molecule has 112 valence electrons. The molecule has 1 aromatic rings. The van der Waals surface area contributed by atoms with Crippen molar-refractivity contribution in [1.29, 1.82) is 0 Å². The second-order valence-corrected chi connectivity index (χ2v) is 7.68. The summed E-state index contributed by atoms with van der Waals surface area (Å²) in [5, 5.41) is 0. The molecule has 3 N–H and O–H groups in total. The van der Waals surface area contributed by atoms with Gasteiger partial charge in [-0.25, -0.2) is 13.1 Å². The van der Waals surface area contributed by atoms with Crippen LogP contribution in [-0.2, 0) is 16.6 Å². The number of sulfonamides is 1. The molecule has 0 bridgehead atoms. The average Bonchev–Trinajstić information content (AvgIpc) is 2.97. The van der Waals surface area contributed by atoms with Crippen LogP contribution in [0, 0.1) is 5.92 Å². The summed E-state index contributed by atoms with van der Waals surface area (Å²) >= 11 is 1.87. The van der Waals surface area contributed by atoms with E-state index < -0.39 is 10.0 Å². The quantitative estimate of drug-likeness (QED) is 0.824. The van der Waals surface area contributed by atoms with Gasteiger partial charge in [-0.15, -0.1) is 0 Å². The molecule has 1 saturated heterocycles.